The van der Waals surface area contributed by atoms with Crippen LogP contribution in [0.15, 0.2) is 21.2 Å². The van der Waals surface area contributed by atoms with Crippen molar-refractivity contribution in [2.45, 2.75) is 47.6 Å². The van der Waals surface area contributed by atoms with E-state index in [2.05, 4.69) is 11.1 Å². The summed E-state index contributed by atoms with van der Waals surface area (Å²) in [5, 5.41) is 0. The zero-order valence-corrected chi connectivity index (χ0v) is 17.7. The first-order valence-corrected chi connectivity index (χ1v) is 9.65. The Labute approximate surface area is 165 Å². The number of ether oxygens (including phenoxy) is 1. The molecule has 1 saturated carbocycles. The van der Waals surface area contributed by atoms with Crippen molar-refractivity contribution in [3.05, 3.63) is 32.5 Å². The normalized spacial score (nSPS) is 19.9. The van der Waals surface area contributed by atoms with Gasteiger partial charge in [0, 0.05) is 20.2 Å². The molecule has 2 atom stereocenters. The number of aromatic nitrogens is 2. The molecular formula is C20H32N4O4. The van der Waals surface area contributed by atoms with Crippen LogP contribution in [0.2, 0.25) is 0 Å². The lowest BCUT2D eigenvalue weighted by Gasteiger charge is -2.25. The van der Waals surface area contributed by atoms with Gasteiger partial charge in [-0.3, -0.25) is 19.1 Å². The summed E-state index contributed by atoms with van der Waals surface area (Å²) in [5.74, 6) is -0.331. The Bertz CT molecular complexity index is 877. The summed E-state index contributed by atoms with van der Waals surface area (Å²) in [6.07, 6.45) is 2.77. The lowest BCUT2D eigenvalue weighted by molar-refractivity contribution is -0.120. The number of aromatic amines is 1. The van der Waals surface area contributed by atoms with Gasteiger partial charge in [-0.25, -0.2) is 4.79 Å². The Kier molecular flexibility index (Phi) is 6.54. The van der Waals surface area contributed by atoms with Crippen LogP contribution in [0.5, 0.6) is 0 Å². The number of nitrogens with two attached hydrogens (primary N) is 1. The minimum atomic E-state index is -0.656. The van der Waals surface area contributed by atoms with Crippen molar-refractivity contribution in [2.75, 3.05) is 30.9 Å². The van der Waals surface area contributed by atoms with Gasteiger partial charge in [-0.1, -0.05) is 32.4 Å². The molecule has 1 aliphatic carbocycles. The van der Waals surface area contributed by atoms with Gasteiger partial charge in [0.05, 0.1) is 12.5 Å². The number of hydrogen-bond acceptors (Lipinski definition) is 5. The van der Waals surface area contributed by atoms with Crippen LogP contribution in [0.1, 0.15) is 41.0 Å². The highest BCUT2D eigenvalue weighted by Gasteiger charge is 2.61. The molecule has 0 saturated heterocycles. The highest BCUT2D eigenvalue weighted by Crippen LogP contribution is 2.60. The van der Waals surface area contributed by atoms with Gasteiger partial charge in [-0.15, -0.1) is 0 Å². The molecule has 8 nitrogen and oxygen atoms in total. The maximum atomic E-state index is 13.4. The summed E-state index contributed by atoms with van der Waals surface area (Å²) >= 11 is 0. The fraction of sp³-hybridized carbons (Fsp3) is 0.650. The Morgan fingerprint density at radius 3 is 2.54 bits per heavy atom. The van der Waals surface area contributed by atoms with Gasteiger partial charge < -0.3 is 15.4 Å². The average molecular weight is 393 g/mol. The van der Waals surface area contributed by atoms with Crippen molar-refractivity contribution in [3.63, 3.8) is 0 Å². The van der Waals surface area contributed by atoms with Crippen molar-refractivity contribution in [1.82, 2.24) is 9.55 Å². The molecule has 2 unspecified atom stereocenters. The van der Waals surface area contributed by atoms with Crippen LogP contribution in [0, 0.1) is 17.3 Å². The quantitative estimate of drug-likeness (QED) is 0.655. The molecule has 0 bridgehead atoms. The minimum Gasteiger partial charge on any atom is -0.383 e. The molecule has 1 heterocycles. The number of methoxy groups -OCH3 is 1. The van der Waals surface area contributed by atoms with E-state index in [9.17, 15) is 14.4 Å². The zero-order chi connectivity index (χ0) is 21.2. The molecular weight excluding hydrogens is 360 g/mol. The molecule has 1 fully saturated rings. The number of carbonyl (C=O) groups is 1. The van der Waals surface area contributed by atoms with E-state index in [1.165, 1.54) is 16.6 Å². The van der Waals surface area contributed by atoms with Gasteiger partial charge in [0.25, 0.3) is 5.56 Å². The largest absolute Gasteiger partial charge is 0.383 e. The van der Waals surface area contributed by atoms with E-state index in [0.29, 0.717) is 13.0 Å². The van der Waals surface area contributed by atoms with Crippen LogP contribution in [-0.2, 0) is 16.1 Å². The van der Waals surface area contributed by atoms with Gasteiger partial charge >= 0.3 is 5.69 Å². The first-order valence-electron chi connectivity index (χ1n) is 9.65. The maximum Gasteiger partial charge on any atom is 0.330 e. The number of amides is 1. The number of nitrogens with zero attached hydrogens (tertiary/aromatic N) is 2. The average Bonchev–Trinajstić information content (AvgIpc) is 3.13. The molecule has 0 radical (unpaired) electrons. The van der Waals surface area contributed by atoms with E-state index < -0.39 is 11.2 Å². The molecule has 3 N–H and O–H groups in total. The Balaban J connectivity index is 2.53. The number of allylic oxidation sites excluding steroid dienone is 2. The number of nitrogen functional groups attached to an aromatic ring is 1. The lowest BCUT2D eigenvalue weighted by Crippen LogP contribution is -2.43. The Morgan fingerprint density at radius 2 is 2.00 bits per heavy atom. The number of anilines is 2. The van der Waals surface area contributed by atoms with E-state index in [1.54, 1.807) is 0 Å². The van der Waals surface area contributed by atoms with Gasteiger partial charge in [-0.05, 0) is 31.6 Å². The molecule has 0 aromatic carbocycles. The summed E-state index contributed by atoms with van der Waals surface area (Å²) < 4.78 is 6.44. The van der Waals surface area contributed by atoms with E-state index in [4.69, 9.17) is 10.5 Å². The molecule has 156 valence electrons. The summed E-state index contributed by atoms with van der Waals surface area (Å²) in [7, 11) is 1.53. The second-order valence-corrected chi connectivity index (χ2v) is 8.20. The molecule has 8 heteroatoms. The third-order valence-electron chi connectivity index (χ3n) is 5.41. The fourth-order valence-electron chi connectivity index (χ4n) is 3.79. The highest BCUT2D eigenvalue weighted by atomic mass is 16.5. The maximum absolute atomic E-state index is 13.4. The van der Waals surface area contributed by atoms with Gasteiger partial charge in [-0.2, -0.15) is 0 Å². The van der Waals surface area contributed by atoms with Crippen LogP contribution in [0.4, 0.5) is 11.5 Å². The standard InChI is InChI=1S/C20H32N4O4/c1-7-8-24-16(21)15(17(25)22-19(24)27)23(9-10-28-6)18(26)14-13(11-12(2)3)20(14,4)5/h11,13-14H,7-10,21H2,1-6H3,(H,22,25,27). The highest BCUT2D eigenvalue weighted by molar-refractivity contribution is 5.99. The second-order valence-electron chi connectivity index (χ2n) is 8.20. The third kappa shape index (κ3) is 4.06. The van der Waals surface area contributed by atoms with Crippen molar-refractivity contribution in [2.24, 2.45) is 17.3 Å². The lowest BCUT2D eigenvalue weighted by atomic mass is 10.1. The number of carbonyl (C=O) groups excluding carboxylic acids is 1. The van der Waals surface area contributed by atoms with Gasteiger partial charge in [0.1, 0.15) is 5.82 Å². The third-order valence-corrected chi connectivity index (χ3v) is 5.41. The van der Waals surface area contributed by atoms with E-state index >= 15 is 0 Å². The topological polar surface area (TPSA) is 110 Å². The van der Waals surface area contributed by atoms with Crippen molar-refractivity contribution < 1.29 is 9.53 Å². The van der Waals surface area contributed by atoms with Crippen LogP contribution >= 0.6 is 0 Å². The van der Waals surface area contributed by atoms with E-state index in [1.807, 2.05) is 34.6 Å². The van der Waals surface area contributed by atoms with E-state index in [0.717, 1.165) is 5.57 Å². The predicted octanol–water partition coefficient (Wildman–Crippen LogP) is 1.75. The second kappa shape index (κ2) is 8.34. The number of H-pyrrole nitrogens is 1. The van der Waals surface area contributed by atoms with Crippen molar-refractivity contribution in [3.8, 4) is 0 Å². The number of nitrogens with one attached hydrogen (secondary N) is 1. The van der Waals surface area contributed by atoms with Gasteiger partial charge in [0.15, 0.2) is 5.69 Å². The summed E-state index contributed by atoms with van der Waals surface area (Å²) in [6.45, 7) is 10.8. The molecule has 28 heavy (non-hydrogen) atoms. The summed E-state index contributed by atoms with van der Waals surface area (Å²) in [4.78, 5) is 41.8. The van der Waals surface area contributed by atoms with Crippen LogP contribution in [0.25, 0.3) is 0 Å². The van der Waals surface area contributed by atoms with Crippen molar-refractivity contribution in [1.29, 1.82) is 0 Å². The summed E-state index contributed by atoms with van der Waals surface area (Å²) in [6, 6.07) is 0. The summed E-state index contributed by atoms with van der Waals surface area (Å²) in [5.41, 5.74) is 5.91. The van der Waals surface area contributed by atoms with Crippen LogP contribution < -0.4 is 21.9 Å². The Morgan fingerprint density at radius 1 is 1.36 bits per heavy atom. The Hall–Kier alpha value is -2.35. The van der Waals surface area contributed by atoms with Crippen LogP contribution in [-0.4, -0.2) is 35.7 Å². The zero-order valence-electron chi connectivity index (χ0n) is 17.7. The minimum absolute atomic E-state index is 0.0114. The smallest absolute Gasteiger partial charge is 0.330 e. The SMILES string of the molecule is CCCn1c(N)c(N(CCOC)C(=O)C2C(C=C(C)C)C2(C)C)c(=O)[nH]c1=O. The monoisotopic (exact) mass is 392 g/mol. The number of rotatable bonds is 8. The number of hydrogen-bond donors (Lipinski definition) is 2. The fourth-order valence-corrected chi connectivity index (χ4v) is 3.79. The molecule has 1 aromatic heterocycles. The van der Waals surface area contributed by atoms with E-state index in [-0.39, 0.29) is 47.8 Å². The van der Waals surface area contributed by atoms with Crippen LogP contribution in [0.3, 0.4) is 0 Å². The molecule has 0 spiro atoms. The molecule has 1 aromatic rings. The molecule has 2 rings (SSSR count). The molecule has 0 aliphatic heterocycles. The first-order chi connectivity index (χ1) is 13.1. The van der Waals surface area contributed by atoms with Gasteiger partial charge in [0.2, 0.25) is 5.91 Å². The van der Waals surface area contributed by atoms with Crippen molar-refractivity contribution >= 4 is 17.4 Å². The predicted molar refractivity (Wildman–Crippen MR) is 110 cm³/mol. The first kappa shape index (κ1) is 21.9. The molecule has 1 amide bonds. The molecule has 1 aliphatic rings.